The van der Waals surface area contributed by atoms with Gasteiger partial charge in [-0.25, -0.2) is 8.42 Å². The summed E-state index contributed by atoms with van der Waals surface area (Å²) in [5.41, 5.74) is 0. The predicted octanol–water partition coefficient (Wildman–Crippen LogP) is 0.547. The molecule has 90 valence electrons. The topological polar surface area (TPSA) is 70.6 Å². The van der Waals surface area contributed by atoms with E-state index in [2.05, 4.69) is 28.9 Å². The van der Waals surface area contributed by atoms with Crippen LogP contribution >= 0.6 is 0 Å². The van der Waals surface area contributed by atoms with Gasteiger partial charge in [0.05, 0.1) is 6.26 Å². The van der Waals surface area contributed by atoms with Gasteiger partial charge in [0, 0.05) is 13.6 Å². The molecule has 15 heavy (non-hydrogen) atoms. The number of rotatable bonds is 5. The maximum absolute atomic E-state index is 10.9. The zero-order valence-electron chi connectivity index (χ0n) is 9.87. The minimum atomic E-state index is -3.23. The molecule has 0 heterocycles. The van der Waals surface area contributed by atoms with E-state index in [1.165, 1.54) is 0 Å². The molecular weight excluding hydrogens is 214 g/mol. The summed E-state index contributed by atoms with van der Waals surface area (Å²) in [5, 5.41) is 2.94. The Labute approximate surface area is 92.4 Å². The van der Waals surface area contributed by atoms with E-state index < -0.39 is 10.0 Å². The summed E-state index contributed by atoms with van der Waals surface area (Å²) in [6.45, 7) is 5.04. The van der Waals surface area contributed by atoms with Gasteiger partial charge in [-0.15, -0.1) is 0 Å². The number of nitrogens with zero attached hydrogens (tertiary/aromatic N) is 1. The van der Waals surface area contributed by atoms with Crippen LogP contribution in [-0.4, -0.2) is 34.2 Å². The molecule has 0 unspecified atom stereocenters. The van der Waals surface area contributed by atoms with Crippen LogP contribution in [0.1, 0.15) is 26.7 Å². The van der Waals surface area contributed by atoms with Crippen molar-refractivity contribution in [2.45, 2.75) is 26.7 Å². The average molecular weight is 235 g/mol. The van der Waals surface area contributed by atoms with Crippen molar-refractivity contribution in [2.24, 2.45) is 10.9 Å². The van der Waals surface area contributed by atoms with E-state index in [1.807, 2.05) is 0 Å². The zero-order valence-corrected chi connectivity index (χ0v) is 10.7. The lowest BCUT2D eigenvalue weighted by Crippen LogP contribution is -2.40. The predicted molar refractivity (Wildman–Crippen MR) is 63.4 cm³/mol. The van der Waals surface area contributed by atoms with Crippen LogP contribution in [0.3, 0.4) is 0 Å². The van der Waals surface area contributed by atoms with Crippen molar-refractivity contribution in [1.82, 2.24) is 10.0 Å². The lowest BCUT2D eigenvalue weighted by atomic mass is 10.1. The Morgan fingerprint density at radius 2 is 2.00 bits per heavy atom. The first-order valence-corrected chi connectivity index (χ1v) is 6.92. The highest BCUT2D eigenvalue weighted by atomic mass is 32.2. The van der Waals surface area contributed by atoms with Crippen LogP contribution in [0.25, 0.3) is 0 Å². The summed E-state index contributed by atoms with van der Waals surface area (Å²) in [6, 6.07) is 0. The summed E-state index contributed by atoms with van der Waals surface area (Å²) in [4.78, 5) is 3.81. The summed E-state index contributed by atoms with van der Waals surface area (Å²) in [5.74, 6) is 0.970. The van der Waals surface area contributed by atoms with Gasteiger partial charge in [0.15, 0.2) is 0 Å². The molecule has 6 heteroatoms. The summed E-state index contributed by atoms with van der Waals surface area (Å²) in [6.07, 6.45) is 3.22. The first-order chi connectivity index (χ1) is 6.85. The van der Waals surface area contributed by atoms with Crippen molar-refractivity contribution in [3.8, 4) is 0 Å². The minimum absolute atomic E-state index is 0.307. The fourth-order valence-corrected chi connectivity index (χ4v) is 1.57. The SMILES string of the molecule is CN=C(NCCCC(C)C)NS(C)(=O)=O. The highest BCUT2D eigenvalue weighted by Gasteiger charge is 2.04. The minimum Gasteiger partial charge on any atom is -0.356 e. The van der Waals surface area contributed by atoms with E-state index in [0.29, 0.717) is 11.9 Å². The number of nitrogens with one attached hydrogen (secondary N) is 2. The highest BCUT2D eigenvalue weighted by molar-refractivity contribution is 7.89. The fraction of sp³-hybridized carbons (Fsp3) is 0.889. The average Bonchev–Trinajstić information content (AvgIpc) is 2.08. The van der Waals surface area contributed by atoms with Crippen molar-refractivity contribution < 1.29 is 8.42 Å². The number of hydrogen-bond acceptors (Lipinski definition) is 3. The monoisotopic (exact) mass is 235 g/mol. The third-order valence-electron chi connectivity index (χ3n) is 1.76. The van der Waals surface area contributed by atoms with Crippen LogP contribution in [0.2, 0.25) is 0 Å². The van der Waals surface area contributed by atoms with Gasteiger partial charge in [0.1, 0.15) is 0 Å². The molecule has 0 atom stereocenters. The van der Waals surface area contributed by atoms with Gasteiger partial charge < -0.3 is 5.32 Å². The second-order valence-electron chi connectivity index (χ2n) is 3.91. The van der Waals surface area contributed by atoms with Crippen molar-refractivity contribution >= 4 is 16.0 Å². The smallest absolute Gasteiger partial charge is 0.232 e. The quantitative estimate of drug-likeness (QED) is 0.415. The van der Waals surface area contributed by atoms with E-state index in [1.54, 1.807) is 7.05 Å². The first-order valence-electron chi connectivity index (χ1n) is 5.03. The van der Waals surface area contributed by atoms with Gasteiger partial charge in [-0.2, -0.15) is 0 Å². The molecule has 0 rings (SSSR count). The molecule has 0 radical (unpaired) electrons. The van der Waals surface area contributed by atoms with Crippen molar-refractivity contribution in [1.29, 1.82) is 0 Å². The number of hydrogen-bond donors (Lipinski definition) is 2. The van der Waals surface area contributed by atoms with Crippen molar-refractivity contribution in [2.75, 3.05) is 19.8 Å². The van der Waals surface area contributed by atoms with Gasteiger partial charge in [-0.05, 0) is 18.8 Å². The van der Waals surface area contributed by atoms with Gasteiger partial charge >= 0.3 is 0 Å². The summed E-state index contributed by atoms with van der Waals surface area (Å²) in [7, 11) is -1.69. The van der Waals surface area contributed by atoms with Gasteiger partial charge in [-0.1, -0.05) is 13.8 Å². The Morgan fingerprint density at radius 3 is 2.40 bits per heavy atom. The molecule has 0 bridgehead atoms. The molecule has 0 aliphatic rings. The molecular formula is C9H21N3O2S. The molecule has 0 aromatic carbocycles. The molecule has 0 aromatic rings. The summed E-state index contributed by atoms with van der Waals surface area (Å²) < 4.78 is 24.1. The maximum atomic E-state index is 10.9. The fourth-order valence-electron chi connectivity index (χ4n) is 1.05. The van der Waals surface area contributed by atoms with E-state index in [0.717, 1.165) is 25.6 Å². The second kappa shape index (κ2) is 6.66. The standard InChI is InChI=1S/C9H21N3O2S/c1-8(2)6-5-7-11-9(10-3)12-15(4,13)14/h8H,5-7H2,1-4H3,(H2,10,11,12). The van der Waals surface area contributed by atoms with Crippen LogP contribution in [0.15, 0.2) is 4.99 Å². The molecule has 0 saturated carbocycles. The van der Waals surface area contributed by atoms with Crippen LogP contribution in [0.5, 0.6) is 0 Å². The second-order valence-corrected chi connectivity index (χ2v) is 5.66. The zero-order chi connectivity index (χ0) is 11.9. The highest BCUT2D eigenvalue weighted by Crippen LogP contribution is 2.01. The van der Waals surface area contributed by atoms with Crippen molar-refractivity contribution in [3.63, 3.8) is 0 Å². The third-order valence-corrected chi connectivity index (χ3v) is 2.32. The Kier molecular flexibility index (Phi) is 6.31. The summed E-state index contributed by atoms with van der Waals surface area (Å²) >= 11 is 0. The lowest BCUT2D eigenvalue weighted by Gasteiger charge is -2.10. The van der Waals surface area contributed by atoms with Gasteiger partial charge in [0.2, 0.25) is 16.0 Å². The molecule has 0 fully saturated rings. The Hall–Kier alpha value is -0.780. The van der Waals surface area contributed by atoms with Crippen LogP contribution in [0, 0.1) is 5.92 Å². The van der Waals surface area contributed by atoms with E-state index in [-0.39, 0.29) is 0 Å². The van der Waals surface area contributed by atoms with E-state index in [9.17, 15) is 8.42 Å². The van der Waals surface area contributed by atoms with Crippen LogP contribution < -0.4 is 10.0 Å². The lowest BCUT2D eigenvalue weighted by molar-refractivity contribution is 0.550. The van der Waals surface area contributed by atoms with Gasteiger partial charge in [-0.3, -0.25) is 9.71 Å². The third kappa shape index (κ3) is 9.52. The number of sulfonamides is 1. The maximum Gasteiger partial charge on any atom is 0.232 e. The normalized spacial score (nSPS) is 13.0. The largest absolute Gasteiger partial charge is 0.356 e. The van der Waals surface area contributed by atoms with Gasteiger partial charge in [0.25, 0.3) is 0 Å². The molecule has 0 amide bonds. The number of guanidine groups is 1. The molecule has 0 aliphatic heterocycles. The van der Waals surface area contributed by atoms with Crippen LogP contribution in [-0.2, 0) is 10.0 Å². The Morgan fingerprint density at radius 1 is 1.40 bits per heavy atom. The molecule has 0 saturated heterocycles. The Bertz CT molecular complexity index is 296. The Balaban J connectivity index is 3.84. The molecule has 0 spiro atoms. The molecule has 5 nitrogen and oxygen atoms in total. The molecule has 0 aromatic heterocycles. The first kappa shape index (κ1) is 14.2. The van der Waals surface area contributed by atoms with E-state index >= 15 is 0 Å². The van der Waals surface area contributed by atoms with Crippen molar-refractivity contribution in [3.05, 3.63) is 0 Å². The molecule has 2 N–H and O–H groups in total. The van der Waals surface area contributed by atoms with E-state index in [4.69, 9.17) is 0 Å². The molecule has 0 aliphatic carbocycles. The number of aliphatic imine (C=N–C) groups is 1. The van der Waals surface area contributed by atoms with Crippen LogP contribution in [0.4, 0.5) is 0 Å².